The van der Waals surface area contributed by atoms with Gasteiger partial charge in [-0.3, -0.25) is 0 Å². The normalized spacial score (nSPS) is 12.7. The van der Waals surface area contributed by atoms with E-state index in [2.05, 4.69) is 77.8 Å². The molecule has 0 aliphatic carbocycles. The fraction of sp³-hybridized carbons (Fsp3) is 0.714. The van der Waals surface area contributed by atoms with Crippen molar-refractivity contribution in [1.29, 1.82) is 0 Å². The van der Waals surface area contributed by atoms with Gasteiger partial charge in [-0.15, -0.1) is 0 Å². The van der Waals surface area contributed by atoms with E-state index in [4.69, 9.17) is 4.74 Å². The van der Waals surface area contributed by atoms with Crippen LogP contribution < -0.4 is 4.74 Å². The summed E-state index contributed by atoms with van der Waals surface area (Å²) in [4.78, 5) is 2.34. The third-order valence-corrected chi connectivity index (χ3v) is 4.24. The fourth-order valence-corrected chi connectivity index (χ4v) is 3.29. The van der Waals surface area contributed by atoms with Crippen LogP contribution in [-0.4, -0.2) is 31.6 Å². The number of rotatable bonds is 9. The minimum atomic E-state index is 0.192. The quantitative estimate of drug-likeness (QED) is 0.595. The number of likely N-dealkylation sites (N-methyl/N-ethyl adjacent to an activating group) is 1. The van der Waals surface area contributed by atoms with Crippen LogP contribution in [0, 0.1) is 5.41 Å². The molecule has 0 spiro atoms. The van der Waals surface area contributed by atoms with Crippen LogP contribution in [0.4, 0.5) is 0 Å². The molecule has 0 aromatic heterocycles. The lowest BCUT2D eigenvalue weighted by Gasteiger charge is -2.33. The van der Waals surface area contributed by atoms with Gasteiger partial charge < -0.3 is 9.64 Å². The molecule has 132 valence electrons. The summed E-state index contributed by atoms with van der Waals surface area (Å²) in [5.74, 6) is 0.976. The summed E-state index contributed by atoms with van der Waals surface area (Å²) < 4.78 is 5.88. The standard InChI is InChI=1S/C21H37NO/c1-8-9-14-22(7)15-16-23-19-12-10-18(11-13-19)21(5,6)17-20(2,3)4/h10-13H,8-9,14-17H2,1-7H3. The van der Waals surface area contributed by atoms with E-state index in [0.717, 1.165) is 25.4 Å². The van der Waals surface area contributed by atoms with Crippen molar-refractivity contribution >= 4 is 0 Å². The third kappa shape index (κ3) is 7.87. The maximum absolute atomic E-state index is 5.88. The average Bonchev–Trinajstić information content (AvgIpc) is 2.43. The molecule has 0 radical (unpaired) electrons. The lowest BCUT2D eigenvalue weighted by molar-refractivity contribution is 0.235. The van der Waals surface area contributed by atoms with Crippen LogP contribution in [0.15, 0.2) is 24.3 Å². The van der Waals surface area contributed by atoms with Gasteiger partial charge >= 0.3 is 0 Å². The van der Waals surface area contributed by atoms with Crippen LogP contribution in [0.2, 0.25) is 0 Å². The summed E-state index contributed by atoms with van der Waals surface area (Å²) in [5, 5.41) is 0. The molecule has 23 heavy (non-hydrogen) atoms. The van der Waals surface area contributed by atoms with E-state index in [1.54, 1.807) is 0 Å². The Balaban J connectivity index is 2.50. The van der Waals surface area contributed by atoms with Crippen molar-refractivity contribution in [2.75, 3.05) is 26.7 Å². The molecular formula is C21H37NO. The van der Waals surface area contributed by atoms with E-state index < -0.39 is 0 Å². The van der Waals surface area contributed by atoms with Crippen molar-refractivity contribution in [1.82, 2.24) is 4.90 Å². The Labute approximate surface area is 144 Å². The lowest BCUT2D eigenvalue weighted by Crippen LogP contribution is -2.25. The summed E-state index contributed by atoms with van der Waals surface area (Å²) in [6.07, 6.45) is 3.67. The molecule has 1 rings (SSSR count). The molecule has 2 nitrogen and oxygen atoms in total. The second kappa shape index (κ2) is 8.73. The molecular weight excluding hydrogens is 282 g/mol. The summed E-state index contributed by atoms with van der Waals surface area (Å²) >= 11 is 0. The van der Waals surface area contributed by atoms with Crippen LogP contribution in [0.5, 0.6) is 5.75 Å². The molecule has 0 atom stereocenters. The zero-order chi connectivity index (χ0) is 17.5. The maximum Gasteiger partial charge on any atom is 0.119 e. The topological polar surface area (TPSA) is 12.5 Å². The maximum atomic E-state index is 5.88. The lowest BCUT2D eigenvalue weighted by atomic mass is 9.72. The molecule has 0 unspecified atom stereocenters. The van der Waals surface area contributed by atoms with Gasteiger partial charge in [-0.1, -0.05) is 60.1 Å². The van der Waals surface area contributed by atoms with Gasteiger partial charge in [0.1, 0.15) is 12.4 Å². The van der Waals surface area contributed by atoms with Gasteiger partial charge in [-0.05, 0) is 55.0 Å². The number of nitrogens with zero attached hydrogens (tertiary/aromatic N) is 1. The average molecular weight is 320 g/mol. The molecule has 0 saturated carbocycles. The van der Waals surface area contributed by atoms with Gasteiger partial charge in [0.25, 0.3) is 0 Å². The first-order valence-corrected chi connectivity index (χ1v) is 9.06. The van der Waals surface area contributed by atoms with Crippen LogP contribution >= 0.6 is 0 Å². The van der Waals surface area contributed by atoms with Crippen LogP contribution in [0.25, 0.3) is 0 Å². The summed E-state index contributed by atoms with van der Waals surface area (Å²) in [6, 6.07) is 8.68. The van der Waals surface area contributed by atoms with Crippen molar-refractivity contribution < 1.29 is 4.74 Å². The van der Waals surface area contributed by atoms with E-state index in [0.29, 0.717) is 5.41 Å². The van der Waals surface area contributed by atoms with Gasteiger partial charge in [-0.25, -0.2) is 0 Å². The number of unbranched alkanes of at least 4 members (excludes halogenated alkanes) is 1. The molecule has 0 bridgehead atoms. The first-order valence-electron chi connectivity index (χ1n) is 9.06. The molecule has 0 saturated heterocycles. The van der Waals surface area contributed by atoms with Crippen molar-refractivity contribution in [2.45, 2.75) is 66.2 Å². The molecule has 0 heterocycles. The van der Waals surface area contributed by atoms with Gasteiger partial charge in [-0.2, -0.15) is 0 Å². The highest BCUT2D eigenvalue weighted by Crippen LogP contribution is 2.36. The third-order valence-electron chi connectivity index (χ3n) is 4.24. The highest BCUT2D eigenvalue weighted by atomic mass is 16.5. The van der Waals surface area contributed by atoms with Crippen LogP contribution in [-0.2, 0) is 5.41 Å². The van der Waals surface area contributed by atoms with Crippen LogP contribution in [0.3, 0.4) is 0 Å². The first kappa shape index (κ1) is 20.0. The summed E-state index contributed by atoms with van der Waals surface area (Å²) in [6.45, 7) is 16.7. The van der Waals surface area contributed by atoms with Crippen molar-refractivity contribution in [3.05, 3.63) is 29.8 Å². The minimum Gasteiger partial charge on any atom is -0.492 e. The van der Waals surface area contributed by atoms with Crippen molar-refractivity contribution in [3.63, 3.8) is 0 Å². The molecule has 0 fully saturated rings. The second-order valence-corrected chi connectivity index (χ2v) is 8.65. The minimum absolute atomic E-state index is 0.192. The Bertz CT molecular complexity index is 442. The zero-order valence-electron chi connectivity index (χ0n) is 16.4. The smallest absolute Gasteiger partial charge is 0.119 e. The first-order chi connectivity index (χ1) is 10.6. The molecule has 2 heteroatoms. The Hall–Kier alpha value is -1.02. The van der Waals surface area contributed by atoms with Crippen molar-refractivity contribution in [2.24, 2.45) is 5.41 Å². The highest BCUT2D eigenvalue weighted by Gasteiger charge is 2.27. The molecule has 0 aliphatic heterocycles. The SMILES string of the molecule is CCCCN(C)CCOc1ccc(C(C)(C)CC(C)(C)C)cc1. The predicted molar refractivity (Wildman–Crippen MR) is 101 cm³/mol. The van der Waals surface area contributed by atoms with Gasteiger partial charge in [0.2, 0.25) is 0 Å². The Morgan fingerprint density at radius 1 is 0.957 bits per heavy atom. The van der Waals surface area contributed by atoms with Gasteiger partial charge in [0, 0.05) is 6.54 Å². The molecule has 1 aromatic rings. The van der Waals surface area contributed by atoms with Gasteiger partial charge in [0.05, 0.1) is 0 Å². The van der Waals surface area contributed by atoms with E-state index in [9.17, 15) is 0 Å². The molecule has 0 amide bonds. The largest absolute Gasteiger partial charge is 0.492 e. The summed E-state index contributed by atoms with van der Waals surface area (Å²) in [5.41, 5.74) is 1.92. The van der Waals surface area contributed by atoms with E-state index in [1.165, 1.54) is 24.8 Å². The number of ether oxygens (including phenoxy) is 1. The molecule has 0 N–H and O–H groups in total. The van der Waals surface area contributed by atoms with Gasteiger partial charge in [0.15, 0.2) is 0 Å². The van der Waals surface area contributed by atoms with Crippen LogP contribution in [0.1, 0.15) is 66.4 Å². The molecule has 0 aliphatic rings. The van der Waals surface area contributed by atoms with E-state index in [-0.39, 0.29) is 5.41 Å². The zero-order valence-corrected chi connectivity index (χ0v) is 16.4. The Kier molecular flexibility index (Phi) is 7.60. The Morgan fingerprint density at radius 3 is 2.09 bits per heavy atom. The number of hydrogen-bond acceptors (Lipinski definition) is 2. The fourth-order valence-electron chi connectivity index (χ4n) is 3.29. The summed E-state index contributed by atoms with van der Waals surface area (Å²) in [7, 11) is 2.16. The van der Waals surface area contributed by atoms with E-state index >= 15 is 0 Å². The van der Waals surface area contributed by atoms with E-state index in [1.807, 2.05) is 0 Å². The Morgan fingerprint density at radius 2 is 1.57 bits per heavy atom. The predicted octanol–water partition coefficient (Wildman–Crippen LogP) is 5.51. The number of benzene rings is 1. The monoisotopic (exact) mass is 319 g/mol. The molecule has 1 aromatic carbocycles. The number of hydrogen-bond donors (Lipinski definition) is 0. The van der Waals surface area contributed by atoms with Crippen molar-refractivity contribution in [3.8, 4) is 5.75 Å². The highest BCUT2D eigenvalue weighted by molar-refractivity contribution is 5.31. The second-order valence-electron chi connectivity index (χ2n) is 8.65.